The number of hydrogen-bond donors (Lipinski definition) is 2. The van der Waals surface area contributed by atoms with Crippen molar-refractivity contribution in [3.63, 3.8) is 0 Å². The molecule has 0 bridgehead atoms. The highest BCUT2D eigenvalue weighted by molar-refractivity contribution is 8.00. The number of primary sulfonamides is 1. The van der Waals surface area contributed by atoms with Crippen LogP contribution < -0.4 is 10.5 Å². The largest absolute Gasteiger partial charge is 0.309 e. The highest BCUT2D eigenvalue weighted by atomic mass is 32.2. The zero-order valence-corrected chi connectivity index (χ0v) is 11.9. The Balaban J connectivity index is 1.98. The van der Waals surface area contributed by atoms with E-state index in [2.05, 4.69) is 12.2 Å². The van der Waals surface area contributed by atoms with Crippen LogP contribution in [0, 0.1) is 0 Å². The summed E-state index contributed by atoms with van der Waals surface area (Å²) in [5, 5.41) is 9.27. The fraction of sp³-hybridized carbons (Fsp3) is 0.500. The second-order valence-electron chi connectivity index (χ2n) is 4.65. The average molecular weight is 286 g/mol. The molecule has 0 amide bonds. The van der Waals surface area contributed by atoms with Crippen LogP contribution in [0.15, 0.2) is 29.2 Å². The molecule has 0 aromatic heterocycles. The number of nitrogens with one attached hydrogen (secondary N) is 1. The van der Waals surface area contributed by atoms with Crippen molar-refractivity contribution < 1.29 is 8.42 Å². The summed E-state index contributed by atoms with van der Waals surface area (Å²) in [6.07, 6.45) is 1.17. The van der Waals surface area contributed by atoms with Crippen molar-refractivity contribution >= 4 is 21.8 Å². The van der Waals surface area contributed by atoms with Gasteiger partial charge in [0.05, 0.1) is 4.90 Å². The van der Waals surface area contributed by atoms with Gasteiger partial charge in [0, 0.05) is 23.6 Å². The van der Waals surface area contributed by atoms with Gasteiger partial charge in [0.15, 0.2) is 0 Å². The molecule has 0 radical (unpaired) electrons. The van der Waals surface area contributed by atoms with E-state index in [-0.39, 0.29) is 4.90 Å². The summed E-state index contributed by atoms with van der Waals surface area (Å²) in [7, 11) is -3.60. The van der Waals surface area contributed by atoms with Crippen LogP contribution in [0.2, 0.25) is 0 Å². The van der Waals surface area contributed by atoms with Crippen LogP contribution in [0.25, 0.3) is 0 Å². The Labute approximate surface area is 112 Å². The molecule has 0 spiro atoms. The van der Waals surface area contributed by atoms with Gasteiger partial charge in [-0.15, -0.1) is 0 Å². The van der Waals surface area contributed by atoms with Crippen LogP contribution >= 0.6 is 11.8 Å². The van der Waals surface area contributed by atoms with Crippen LogP contribution in [-0.2, 0) is 16.6 Å². The molecule has 6 heteroatoms. The van der Waals surface area contributed by atoms with Crippen molar-refractivity contribution in [1.82, 2.24) is 5.32 Å². The molecule has 2 unspecified atom stereocenters. The van der Waals surface area contributed by atoms with E-state index in [0.717, 1.165) is 11.3 Å². The van der Waals surface area contributed by atoms with Crippen LogP contribution in [-0.4, -0.2) is 25.5 Å². The zero-order valence-electron chi connectivity index (χ0n) is 10.3. The predicted molar refractivity (Wildman–Crippen MR) is 75.0 cm³/mol. The standard InChI is InChI=1S/C12H18N2O2S2/c1-9-5-11(8-17-9)14-7-10-3-2-4-12(6-10)18(13,15)16/h2-4,6,9,11,14H,5,7-8H2,1H3,(H2,13,15,16). The Morgan fingerprint density at radius 3 is 2.89 bits per heavy atom. The predicted octanol–water partition coefficient (Wildman–Crippen LogP) is 1.32. The van der Waals surface area contributed by atoms with Crippen molar-refractivity contribution in [3.8, 4) is 0 Å². The summed E-state index contributed by atoms with van der Waals surface area (Å²) in [4.78, 5) is 0.177. The van der Waals surface area contributed by atoms with Crippen LogP contribution in [0.5, 0.6) is 0 Å². The normalized spacial score (nSPS) is 24.3. The molecule has 100 valence electrons. The summed E-state index contributed by atoms with van der Waals surface area (Å²) in [5.41, 5.74) is 0.950. The van der Waals surface area contributed by atoms with Crippen LogP contribution in [0.4, 0.5) is 0 Å². The summed E-state index contributed by atoms with van der Waals surface area (Å²) in [6, 6.07) is 7.30. The molecule has 4 nitrogen and oxygen atoms in total. The van der Waals surface area contributed by atoms with E-state index in [0.29, 0.717) is 17.8 Å². The quantitative estimate of drug-likeness (QED) is 0.875. The molecule has 2 rings (SSSR count). The lowest BCUT2D eigenvalue weighted by Gasteiger charge is -2.12. The lowest BCUT2D eigenvalue weighted by Crippen LogP contribution is -2.28. The minimum Gasteiger partial charge on any atom is -0.309 e. The summed E-state index contributed by atoms with van der Waals surface area (Å²) < 4.78 is 22.5. The van der Waals surface area contributed by atoms with E-state index in [4.69, 9.17) is 5.14 Å². The Morgan fingerprint density at radius 1 is 1.50 bits per heavy atom. The Morgan fingerprint density at radius 2 is 2.28 bits per heavy atom. The maximum absolute atomic E-state index is 11.2. The van der Waals surface area contributed by atoms with Gasteiger partial charge in [0.25, 0.3) is 0 Å². The first-order valence-electron chi connectivity index (χ1n) is 5.92. The highest BCUT2D eigenvalue weighted by Crippen LogP contribution is 2.26. The number of hydrogen-bond acceptors (Lipinski definition) is 4. The SMILES string of the molecule is CC1CC(NCc2cccc(S(N)(=O)=O)c2)CS1. The van der Waals surface area contributed by atoms with E-state index in [9.17, 15) is 8.42 Å². The maximum Gasteiger partial charge on any atom is 0.238 e. The molecule has 1 aromatic rings. The van der Waals surface area contributed by atoms with Crippen LogP contribution in [0.3, 0.4) is 0 Å². The van der Waals surface area contributed by atoms with Crippen molar-refractivity contribution in [2.24, 2.45) is 5.14 Å². The minimum atomic E-state index is -3.60. The molecule has 1 saturated heterocycles. The van der Waals surface area contributed by atoms with E-state index in [1.54, 1.807) is 12.1 Å². The molecule has 1 fully saturated rings. The first-order chi connectivity index (χ1) is 8.45. The molecule has 18 heavy (non-hydrogen) atoms. The Hall–Kier alpha value is -0.560. The van der Waals surface area contributed by atoms with E-state index >= 15 is 0 Å². The summed E-state index contributed by atoms with van der Waals surface area (Å²) >= 11 is 1.97. The second kappa shape index (κ2) is 5.61. The summed E-state index contributed by atoms with van der Waals surface area (Å²) in [6.45, 7) is 2.91. The molecule has 3 N–H and O–H groups in total. The first-order valence-corrected chi connectivity index (χ1v) is 8.51. The third-order valence-electron chi connectivity index (χ3n) is 3.02. The fourth-order valence-electron chi connectivity index (χ4n) is 2.05. The number of thioether (sulfide) groups is 1. The first kappa shape index (κ1) is 13.9. The summed E-state index contributed by atoms with van der Waals surface area (Å²) in [5.74, 6) is 1.12. The van der Waals surface area contributed by atoms with E-state index in [1.165, 1.54) is 12.5 Å². The molecular formula is C12H18N2O2S2. The van der Waals surface area contributed by atoms with E-state index < -0.39 is 10.0 Å². The molecule has 1 aliphatic heterocycles. The lowest BCUT2D eigenvalue weighted by atomic mass is 10.1. The molecule has 1 heterocycles. The number of benzene rings is 1. The average Bonchev–Trinajstić information content (AvgIpc) is 2.72. The lowest BCUT2D eigenvalue weighted by molar-refractivity contribution is 0.538. The van der Waals surface area contributed by atoms with Gasteiger partial charge in [0.1, 0.15) is 0 Å². The zero-order chi connectivity index (χ0) is 13.2. The molecule has 1 aromatic carbocycles. The highest BCUT2D eigenvalue weighted by Gasteiger charge is 2.21. The van der Waals surface area contributed by atoms with E-state index in [1.807, 2.05) is 17.8 Å². The monoisotopic (exact) mass is 286 g/mol. The Kier molecular flexibility index (Phi) is 4.32. The van der Waals surface area contributed by atoms with Crippen LogP contribution in [0.1, 0.15) is 18.9 Å². The molecule has 0 saturated carbocycles. The van der Waals surface area contributed by atoms with Gasteiger partial charge in [-0.05, 0) is 24.1 Å². The third kappa shape index (κ3) is 3.71. The van der Waals surface area contributed by atoms with Gasteiger partial charge in [-0.25, -0.2) is 13.6 Å². The van der Waals surface area contributed by atoms with Crippen molar-refractivity contribution in [1.29, 1.82) is 0 Å². The number of sulfonamides is 1. The van der Waals surface area contributed by atoms with Crippen molar-refractivity contribution in [2.45, 2.75) is 36.1 Å². The fourth-order valence-corrected chi connectivity index (χ4v) is 3.82. The van der Waals surface area contributed by atoms with Gasteiger partial charge >= 0.3 is 0 Å². The topological polar surface area (TPSA) is 72.2 Å². The Bertz CT molecular complexity index is 517. The molecular weight excluding hydrogens is 268 g/mol. The van der Waals surface area contributed by atoms with Crippen molar-refractivity contribution in [2.75, 3.05) is 5.75 Å². The second-order valence-corrected chi connectivity index (χ2v) is 7.68. The number of nitrogens with two attached hydrogens (primary N) is 1. The van der Waals surface area contributed by atoms with Gasteiger partial charge in [-0.1, -0.05) is 19.1 Å². The number of rotatable bonds is 4. The van der Waals surface area contributed by atoms with Gasteiger partial charge in [-0.2, -0.15) is 11.8 Å². The minimum absolute atomic E-state index is 0.177. The smallest absolute Gasteiger partial charge is 0.238 e. The van der Waals surface area contributed by atoms with Gasteiger partial charge in [0.2, 0.25) is 10.0 Å². The third-order valence-corrected chi connectivity index (χ3v) is 5.29. The van der Waals surface area contributed by atoms with Gasteiger partial charge in [-0.3, -0.25) is 0 Å². The maximum atomic E-state index is 11.2. The molecule has 0 aliphatic carbocycles. The van der Waals surface area contributed by atoms with Gasteiger partial charge < -0.3 is 5.32 Å². The molecule has 1 aliphatic rings. The van der Waals surface area contributed by atoms with Crippen molar-refractivity contribution in [3.05, 3.63) is 29.8 Å². The molecule has 2 atom stereocenters.